The number of nitrogens with zero attached hydrogens (tertiary/aromatic N) is 2. The van der Waals surface area contributed by atoms with Crippen LogP contribution in [-0.4, -0.2) is 46.5 Å². The molecule has 2 aromatic carbocycles. The number of benzene rings is 2. The van der Waals surface area contributed by atoms with Gasteiger partial charge in [-0.05, 0) is 55.0 Å². The van der Waals surface area contributed by atoms with E-state index in [-0.39, 0.29) is 17.7 Å². The summed E-state index contributed by atoms with van der Waals surface area (Å²) in [7, 11) is 0. The Morgan fingerprint density at radius 2 is 1.24 bits per heavy atom. The van der Waals surface area contributed by atoms with Crippen molar-refractivity contribution in [1.82, 2.24) is 9.80 Å². The maximum atomic E-state index is 12.4. The van der Waals surface area contributed by atoms with Crippen molar-refractivity contribution in [3.63, 3.8) is 0 Å². The number of carbonyl (C=O) groups is 4. The van der Waals surface area contributed by atoms with Crippen LogP contribution in [0.2, 0.25) is 0 Å². The number of fused-ring (bicyclic) bond motifs is 2. The molecule has 1 fully saturated rings. The van der Waals surface area contributed by atoms with Gasteiger partial charge in [-0.2, -0.15) is 0 Å². The lowest BCUT2D eigenvalue weighted by atomic mass is 10.0. The molecule has 1 saturated heterocycles. The molecule has 2 aliphatic heterocycles. The highest BCUT2D eigenvalue weighted by atomic mass is 16.2. The maximum Gasteiger partial charge on any atom is 0.253 e. The van der Waals surface area contributed by atoms with Crippen molar-refractivity contribution in [2.24, 2.45) is 11.5 Å². The molecule has 0 atom stereocenters. The monoisotopic (exact) mass is 506 g/mol. The van der Waals surface area contributed by atoms with E-state index >= 15 is 0 Å². The third-order valence-corrected chi connectivity index (χ3v) is 6.69. The molecule has 0 radical (unpaired) electrons. The number of rotatable bonds is 7. The van der Waals surface area contributed by atoms with Crippen LogP contribution in [0.5, 0.6) is 0 Å². The molecule has 198 valence electrons. The number of nitrogens with two attached hydrogens (primary N) is 2. The number of likely N-dealkylation sites (tertiary alicyclic amines) is 1. The van der Waals surface area contributed by atoms with E-state index < -0.39 is 5.91 Å². The molecule has 37 heavy (non-hydrogen) atoms. The molecule has 0 spiro atoms. The van der Waals surface area contributed by atoms with Crippen LogP contribution in [0, 0.1) is 0 Å². The van der Waals surface area contributed by atoms with E-state index in [4.69, 9.17) is 11.5 Å². The third-order valence-electron chi connectivity index (χ3n) is 6.69. The SMILES string of the molecule is NC(=O)CCCCC(=O)N1Cc2cccc(c2)C1.NC(=O)c1cccc(C(=O)N2CCCCCCC2)c1. The van der Waals surface area contributed by atoms with Gasteiger partial charge in [0.25, 0.3) is 5.91 Å². The first-order chi connectivity index (χ1) is 17.8. The molecule has 0 aromatic heterocycles. The van der Waals surface area contributed by atoms with Crippen LogP contribution in [0.1, 0.15) is 89.6 Å². The first kappa shape index (κ1) is 27.9. The highest BCUT2D eigenvalue weighted by Gasteiger charge is 2.19. The van der Waals surface area contributed by atoms with E-state index in [0.717, 1.165) is 32.4 Å². The Labute approximate surface area is 219 Å². The summed E-state index contributed by atoms with van der Waals surface area (Å²) in [4.78, 5) is 49.9. The summed E-state index contributed by atoms with van der Waals surface area (Å²) >= 11 is 0. The molecule has 2 aliphatic rings. The van der Waals surface area contributed by atoms with Crippen molar-refractivity contribution >= 4 is 23.6 Å². The zero-order chi connectivity index (χ0) is 26.6. The van der Waals surface area contributed by atoms with Crippen LogP contribution in [0.15, 0.2) is 48.5 Å². The van der Waals surface area contributed by atoms with Gasteiger partial charge >= 0.3 is 0 Å². The van der Waals surface area contributed by atoms with Gasteiger partial charge in [-0.15, -0.1) is 0 Å². The molecule has 0 saturated carbocycles. The molecule has 4 amide bonds. The fraction of sp³-hybridized carbons (Fsp3) is 0.448. The molecule has 2 heterocycles. The number of carbonyl (C=O) groups excluding carboxylic acids is 4. The van der Waals surface area contributed by atoms with Gasteiger partial charge < -0.3 is 21.3 Å². The molecular formula is C29H38N4O4. The Bertz CT molecular complexity index is 1070. The summed E-state index contributed by atoms with van der Waals surface area (Å²) in [6.07, 6.45) is 8.04. The zero-order valence-corrected chi connectivity index (χ0v) is 21.5. The van der Waals surface area contributed by atoms with Crippen molar-refractivity contribution in [3.05, 3.63) is 70.8 Å². The topological polar surface area (TPSA) is 127 Å². The Kier molecular flexibility index (Phi) is 10.7. The minimum absolute atomic E-state index is 0.00463. The summed E-state index contributed by atoms with van der Waals surface area (Å²) in [5, 5.41) is 0. The minimum atomic E-state index is -0.498. The highest BCUT2D eigenvalue weighted by molar-refractivity contribution is 5.99. The van der Waals surface area contributed by atoms with E-state index in [1.165, 1.54) is 30.4 Å². The quantitative estimate of drug-likeness (QED) is 0.554. The third kappa shape index (κ3) is 9.04. The predicted molar refractivity (Wildman–Crippen MR) is 142 cm³/mol. The van der Waals surface area contributed by atoms with Gasteiger partial charge in [-0.1, -0.05) is 49.6 Å². The molecule has 4 N–H and O–H groups in total. The van der Waals surface area contributed by atoms with E-state index in [9.17, 15) is 19.2 Å². The van der Waals surface area contributed by atoms with Crippen LogP contribution in [0.3, 0.4) is 0 Å². The lowest BCUT2D eigenvalue weighted by Crippen LogP contribution is -2.34. The number of primary amides is 2. The second-order valence-corrected chi connectivity index (χ2v) is 9.75. The standard InChI is InChI=1S/C15H20N2O2.C14H18N2O2/c16-14(18)12-7-6-8-13(11-12)15(19)17-9-4-2-1-3-5-10-17;15-13(17)6-1-2-7-14(18)16-9-11-4-3-5-12(8-11)10-16/h6-8,11H,1-5,9-10H2,(H2,16,18);3-5,8H,1-2,6-7,9-10H2,(H2,15,17). The number of amides is 4. The van der Waals surface area contributed by atoms with Gasteiger partial charge in [0, 0.05) is 50.1 Å². The van der Waals surface area contributed by atoms with E-state index in [2.05, 4.69) is 6.07 Å². The largest absolute Gasteiger partial charge is 0.370 e. The molecule has 8 nitrogen and oxygen atoms in total. The molecule has 2 bridgehead atoms. The van der Waals surface area contributed by atoms with Crippen LogP contribution >= 0.6 is 0 Å². The fourth-order valence-electron chi connectivity index (χ4n) is 4.67. The van der Waals surface area contributed by atoms with Crippen molar-refractivity contribution < 1.29 is 19.2 Å². The van der Waals surface area contributed by atoms with E-state index in [1.807, 2.05) is 28.0 Å². The Morgan fingerprint density at radius 3 is 1.86 bits per heavy atom. The second kappa shape index (κ2) is 14.2. The van der Waals surface area contributed by atoms with Crippen LogP contribution in [0.4, 0.5) is 0 Å². The van der Waals surface area contributed by atoms with Crippen molar-refractivity contribution in [1.29, 1.82) is 0 Å². The summed E-state index contributed by atoms with van der Waals surface area (Å²) in [6, 6.07) is 14.9. The first-order valence-corrected chi connectivity index (χ1v) is 13.2. The maximum absolute atomic E-state index is 12.4. The average molecular weight is 507 g/mol. The van der Waals surface area contributed by atoms with Gasteiger partial charge in [0.2, 0.25) is 17.7 Å². The Balaban J connectivity index is 0.000000206. The zero-order valence-electron chi connectivity index (χ0n) is 21.5. The van der Waals surface area contributed by atoms with Crippen LogP contribution in [-0.2, 0) is 22.7 Å². The normalized spacial score (nSPS) is 15.0. The molecule has 4 rings (SSSR count). The molecule has 8 heteroatoms. The Hall–Kier alpha value is -3.68. The van der Waals surface area contributed by atoms with Gasteiger partial charge in [0.15, 0.2) is 0 Å². The summed E-state index contributed by atoms with van der Waals surface area (Å²) in [6.45, 7) is 3.00. The molecular weight excluding hydrogens is 468 g/mol. The second-order valence-electron chi connectivity index (χ2n) is 9.75. The summed E-state index contributed by atoms with van der Waals surface area (Å²) < 4.78 is 0. The average Bonchev–Trinajstić information content (AvgIpc) is 2.86. The molecule has 2 aromatic rings. The Morgan fingerprint density at radius 1 is 0.676 bits per heavy atom. The van der Waals surface area contributed by atoms with E-state index in [0.29, 0.717) is 43.5 Å². The summed E-state index contributed by atoms with van der Waals surface area (Å²) in [5.74, 6) is -0.631. The lowest BCUT2D eigenvalue weighted by Gasteiger charge is -2.27. The van der Waals surface area contributed by atoms with E-state index in [1.54, 1.807) is 24.3 Å². The minimum Gasteiger partial charge on any atom is -0.370 e. The number of hydrogen-bond donors (Lipinski definition) is 2. The van der Waals surface area contributed by atoms with Gasteiger partial charge in [-0.3, -0.25) is 19.2 Å². The summed E-state index contributed by atoms with van der Waals surface area (Å²) in [5.41, 5.74) is 13.6. The molecule has 0 unspecified atom stereocenters. The van der Waals surface area contributed by atoms with Crippen molar-refractivity contribution in [2.45, 2.75) is 70.9 Å². The van der Waals surface area contributed by atoms with Crippen LogP contribution in [0.25, 0.3) is 0 Å². The lowest BCUT2D eigenvalue weighted by molar-refractivity contribution is -0.133. The van der Waals surface area contributed by atoms with Crippen LogP contribution < -0.4 is 11.5 Å². The van der Waals surface area contributed by atoms with Gasteiger partial charge in [-0.25, -0.2) is 0 Å². The van der Waals surface area contributed by atoms with Gasteiger partial charge in [0.1, 0.15) is 0 Å². The predicted octanol–water partition coefficient (Wildman–Crippen LogP) is 3.77. The number of hydrogen-bond acceptors (Lipinski definition) is 4. The van der Waals surface area contributed by atoms with Crippen molar-refractivity contribution in [2.75, 3.05) is 13.1 Å². The smallest absolute Gasteiger partial charge is 0.253 e. The van der Waals surface area contributed by atoms with Crippen molar-refractivity contribution in [3.8, 4) is 0 Å². The van der Waals surface area contributed by atoms with Gasteiger partial charge in [0.05, 0.1) is 0 Å². The highest BCUT2D eigenvalue weighted by Crippen LogP contribution is 2.19. The number of unbranched alkanes of at least 4 members (excludes halogenated alkanes) is 1. The first-order valence-electron chi connectivity index (χ1n) is 13.2. The fourth-order valence-corrected chi connectivity index (χ4v) is 4.67. The molecule has 0 aliphatic carbocycles.